The number of aromatic amines is 1. The van der Waals surface area contributed by atoms with Gasteiger partial charge in [-0.3, -0.25) is 14.4 Å². The summed E-state index contributed by atoms with van der Waals surface area (Å²) in [6.45, 7) is 6.49. The van der Waals surface area contributed by atoms with Crippen molar-refractivity contribution in [3.05, 3.63) is 78.4 Å². The number of carbonyl (C=O) groups excluding carboxylic acids is 2. The summed E-state index contributed by atoms with van der Waals surface area (Å²) in [6, 6.07) is 7.31. The van der Waals surface area contributed by atoms with Crippen LogP contribution < -0.4 is 10.9 Å². The van der Waals surface area contributed by atoms with E-state index in [0.717, 1.165) is 6.42 Å². The summed E-state index contributed by atoms with van der Waals surface area (Å²) in [5.41, 5.74) is 3.52. The zero-order valence-corrected chi connectivity index (χ0v) is 17.9. The number of aromatic nitrogens is 2. The number of fused-ring (bicyclic) bond motifs is 1. The number of nitrogens with zero attached hydrogens (tertiary/aromatic N) is 2. The van der Waals surface area contributed by atoms with Crippen molar-refractivity contribution < 1.29 is 9.59 Å². The van der Waals surface area contributed by atoms with Crippen molar-refractivity contribution >= 4 is 28.8 Å². The molecule has 2 N–H and O–H groups in total. The van der Waals surface area contributed by atoms with E-state index in [0.29, 0.717) is 41.2 Å². The van der Waals surface area contributed by atoms with E-state index in [-0.39, 0.29) is 11.5 Å². The first-order valence-electron chi connectivity index (χ1n) is 9.68. The third-order valence-corrected chi connectivity index (χ3v) is 6.63. The van der Waals surface area contributed by atoms with Gasteiger partial charge < -0.3 is 10.2 Å². The lowest BCUT2D eigenvalue weighted by molar-refractivity contribution is 0.0735. The van der Waals surface area contributed by atoms with E-state index in [1.54, 1.807) is 50.3 Å². The minimum atomic E-state index is -0.541. The molecule has 1 aliphatic heterocycles. The smallest absolute Gasteiger partial charge is 0.277 e. The molecule has 0 spiro atoms. The van der Waals surface area contributed by atoms with Gasteiger partial charge >= 0.3 is 0 Å². The molecule has 154 valence electrons. The number of nitrogens with one attached hydrogen (secondary N) is 2. The highest BCUT2D eigenvalue weighted by Gasteiger charge is 2.25. The zero-order valence-electron chi connectivity index (χ0n) is 17.0. The maximum Gasteiger partial charge on any atom is 0.277 e. The van der Waals surface area contributed by atoms with Gasteiger partial charge in [0.15, 0.2) is 0 Å². The normalized spacial score (nSPS) is 13.1. The largest absolute Gasteiger partial charge is 0.334 e. The lowest BCUT2D eigenvalue weighted by atomic mass is 10.0. The maximum atomic E-state index is 13.2. The second kappa shape index (κ2) is 7.87. The number of anilines is 1. The van der Waals surface area contributed by atoms with Crippen LogP contribution in [0.5, 0.6) is 0 Å². The molecule has 0 unspecified atom stereocenters. The van der Waals surface area contributed by atoms with E-state index in [9.17, 15) is 14.4 Å². The molecule has 0 atom stereocenters. The number of carbonyl (C=O) groups is 2. The highest BCUT2D eigenvalue weighted by molar-refractivity contribution is 7.10. The average Bonchev–Trinajstić information content (AvgIpc) is 3.20. The molecule has 7 nitrogen and oxygen atoms in total. The van der Waals surface area contributed by atoms with E-state index in [1.165, 1.54) is 10.4 Å². The zero-order chi connectivity index (χ0) is 21.4. The summed E-state index contributed by atoms with van der Waals surface area (Å²) in [5, 5.41) is 11.1. The quantitative estimate of drug-likeness (QED) is 0.678. The van der Waals surface area contributed by atoms with Crippen molar-refractivity contribution in [1.29, 1.82) is 0 Å². The number of hydrogen-bond donors (Lipinski definition) is 2. The van der Waals surface area contributed by atoms with Gasteiger partial charge in [0.1, 0.15) is 5.56 Å². The molecule has 30 heavy (non-hydrogen) atoms. The first-order chi connectivity index (χ1) is 14.4. The van der Waals surface area contributed by atoms with Crippen LogP contribution in [0.15, 0.2) is 34.4 Å². The Labute approximate surface area is 177 Å². The summed E-state index contributed by atoms with van der Waals surface area (Å²) in [5.74, 6) is -0.581. The van der Waals surface area contributed by atoms with Crippen LogP contribution in [0.2, 0.25) is 0 Å². The number of amides is 2. The Morgan fingerprint density at radius 3 is 2.77 bits per heavy atom. The number of thiophene rings is 1. The van der Waals surface area contributed by atoms with Crippen molar-refractivity contribution in [2.45, 2.75) is 33.7 Å². The molecule has 0 aliphatic carbocycles. The fraction of sp³-hybridized carbons (Fsp3) is 0.273. The molecule has 0 bridgehead atoms. The number of hydrogen-bond acceptors (Lipinski definition) is 5. The monoisotopic (exact) mass is 422 g/mol. The lowest BCUT2D eigenvalue weighted by Gasteiger charge is -2.28. The Balaban J connectivity index is 1.60. The predicted molar refractivity (Wildman–Crippen MR) is 116 cm³/mol. The van der Waals surface area contributed by atoms with Crippen molar-refractivity contribution in [2.75, 3.05) is 11.9 Å². The van der Waals surface area contributed by atoms with Crippen LogP contribution in [0.1, 0.15) is 48.0 Å². The van der Waals surface area contributed by atoms with Gasteiger partial charge in [-0.2, -0.15) is 5.10 Å². The molecular weight excluding hydrogens is 400 g/mol. The maximum absolute atomic E-state index is 13.2. The first kappa shape index (κ1) is 20.0. The molecule has 0 fully saturated rings. The third kappa shape index (κ3) is 3.54. The van der Waals surface area contributed by atoms with E-state index in [2.05, 4.69) is 27.0 Å². The second-order valence-corrected chi connectivity index (χ2v) is 8.42. The average molecular weight is 423 g/mol. The molecule has 3 heterocycles. The Bertz CT molecular complexity index is 1210. The lowest BCUT2D eigenvalue weighted by Crippen LogP contribution is -2.35. The standard InChI is InChI=1S/C22H22N4O3S/c1-12-14(3)24-25-21(28)19(12)20(27)23-17-6-4-5-16(13(17)2)22(29)26-9-7-18-15(11-26)8-10-30-18/h4-6,8,10H,7,9,11H2,1-3H3,(H,23,27)(H,25,28). The fourth-order valence-electron chi connectivity index (χ4n) is 3.68. The minimum Gasteiger partial charge on any atom is -0.334 e. The minimum absolute atomic E-state index is 0.0275. The second-order valence-electron chi connectivity index (χ2n) is 7.42. The van der Waals surface area contributed by atoms with Crippen LogP contribution in [-0.4, -0.2) is 33.5 Å². The predicted octanol–water partition coefficient (Wildman–Crippen LogP) is 3.21. The third-order valence-electron chi connectivity index (χ3n) is 5.60. The Hall–Kier alpha value is -3.26. The topological polar surface area (TPSA) is 95.2 Å². The summed E-state index contributed by atoms with van der Waals surface area (Å²) < 4.78 is 0. The van der Waals surface area contributed by atoms with Crippen LogP contribution in [0, 0.1) is 20.8 Å². The number of rotatable bonds is 3. The van der Waals surface area contributed by atoms with E-state index < -0.39 is 11.5 Å². The van der Waals surface area contributed by atoms with E-state index >= 15 is 0 Å². The van der Waals surface area contributed by atoms with Crippen LogP contribution in [0.25, 0.3) is 0 Å². The molecule has 3 aromatic rings. The van der Waals surface area contributed by atoms with E-state index in [1.807, 2.05) is 4.90 Å². The van der Waals surface area contributed by atoms with Gasteiger partial charge in [0.25, 0.3) is 17.4 Å². The number of benzene rings is 1. The SMILES string of the molecule is Cc1n[nH]c(=O)c(C(=O)Nc2cccc(C(=O)N3CCc4sccc4C3)c2C)c1C. The van der Waals surface area contributed by atoms with Gasteiger partial charge in [0.05, 0.1) is 5.69 Å². The first-order valence-corrected chi connectivity index (χ1v) is 10.6. The molecule has 0 saturated carbocycles. The van der Waals surface area contributed by atoms with Gasteiger partial charge in [-0.15, -0.1) is 11.3 Å². The summed E-state index contributed by atoms with van der Waals surface area (Å²) in [4.78, 5) is 41.3. The Morgan fingerprint density at radius 2 is 1.97 bits per heavy atom. The van der Waals surface area contributed by atoms with Gasteiger partial charge in [-0.05, 0) is 67.5 Å². The Kier molecular flexibility index (Phi) is 5.26. The van der Waals surface area contributed by atoms with Gasteiger partial charge in [-0.25, -0.2) is 5.10 Å². The van der Waals surface area contributed by atoms with Crippen LogP contribution >= 0.6 is 11.3 Å². The summed E-state index contributed by atoms with van der Waals surface area (Å²) >= 11 is 1.73. The van der Waals surface area contributed by atoms with Crippen LogP contribution in [0.3, 0.4) is 0 Å². The van der Waals surface area contributed by atoms with Crippen molar-refractivity contribution in [2.24, 2.45) is 0 Å². The highest BCUT2D eigenvalue weighted by Crippen LogP contribution is 2.27. The van der Waals surface area contributed by atoms with Gasteiger partial charge in [0, 0.05) is 29.2 Å². The number of aryl methyl sites for hydroxylation is 1. The van der Waals surface area contributed by atoms with Crippen molar-refractivity contribution in [1.82, 2.24) is 15.1 Å². The molecule has 0 radical (unpaired) electrons. The number of H-pyrrole nitrogens is 1. The molecule has 4 rings (SSSR count). The highest BCUT2D eigenvalue weighted by atomic mass is 32.1. The van der Waals surface area contributed by atoms with E-state index in [4.69, 9.17) is 0 Å². The summed E-state index contributed by atoms with van der Waals surface area (Å²) in [7, 11) is 0. The fourth-order valence-corrected chi connectivity index (χ4v) is 4.57. The van der Waals surface area contributed by atoms with Crippen LogP contribution in [-0.2, 0) is 13.0 Å². The molecule has 1 aliphatic rings. The van der Waals surface area contributed by atoms with Gasteiger partial charge in [0.2, 0.25) is 0 Å². The molecule has 8 heteroatoms. The molecule has 2 amide bonds. The van der Waals surface area contributed by atoms with Crippen molar-refractivity contribution in [3.63, 3.8) is 0 Å². The Morgan fingerprint density at radius 1 is 1.17 bits per heavy atom. The molecule has 2 aromatic heterocycles. The molecule has 1 aromatic carbocycles. The van der Waals surface area contributed by atoms with Gasteiger partial charge in [-0.1, -0.05) is 6.07 Å². The molecular formula is C22H22N4O3S. The van der Waals surface area contributed by atoms with Crippen LogP contribution in [0.4, 0.5) is 5.69 Å². The summed E-state index contributed by atoms with van der Waals surface area (Å²) in [6.07, 6.45) is 0.859. The molecule has 0 saturated heterocycles. The van der Waals surface area contributed by atoms with Crippen molar-refractivity contribution in [3.8, 4) is 0 Å².